The maximum absolute atomic E-state index is 12.2. The molecule has 1 aliphatic carbocycles. The van der Waals surface area contributed by atoms with Gasteiger partial charge in [-0.1, -0.05) is 13.8 Å². The standard InChI is InChI=1S/C12H23N3O2/c1-11(2)9-8(4-3-7-17-9)12(11,14)10(16)15-6-5-13/h8-9H,3-7,13-14H2,1-2H3,(H,15,16). The number of rotatable bonds is 3. The fourth-order valence-corrected chi connectivity index (χ4v) is 3.37. The van der Waals surface area contributed by atoms with E-state index >= 15 is 0 Å². The van der Waals surface area contributed by atoms with Gasteiger partial charge in [0, 0.05) is 31.0 Å². The van der Waals surface area contributed by atoms with E-state index < -0.39 is 5.54 Å². The molecule has 1 heterocycles. The highest BCUT2D eigenvalue weighted by Gasteiger charge is 2.70. The summed E-state index contributed by atoms with van der Waals surface area (Å²) >= 11 is 0. The zero-order valence-electron chi connectivity index (χ0n) is 10.7. The van der Waals surface area contributed by atoms with Gasteiger partial charge in [-0.15, -0.1) is 0 Å². The van der Waals surface area contributed by atoms with Crippen molar-refractivity contribution in [2.75, 3.05) is 19.7 Å². The Morgan fingerprint density at radius 1 is 1.53 bits per heavy atom. The van der Waals surface area contributed by atoms with E-state index in [2.05, 4.69) is 5.32 Å². The van der Waals surface area contributed by atoms with Crippen LogP contribution in [0.2, 0.25) is 0 Å². The van der Waals surface area contributed by atoms with Gasteiger partial charge in [0.15, 0.2) is 0 Å². The van der Waals surface area contributed by atoms with E-state index in [1.54, 1.807) is 0 Å². The Bertz CT molecular complexity index is 319. The fourth-order valence-electron chi connectivity index (χ4n) is 3.37. The minimum Gasteiger partial charge on any atom is -0.377 e. The first-order chi connectivity index (χ1) is 7.96. The zero-order chi connectivity index (χ0) is 12.7. The van der Waals surface area contributed by atoms with Crippen LogP contribution in [0.5, 0.6) is 0 Å². The van der Waals surface area contributed by atoms with Crippen molar-refractivity contribution in [3.8, 4) is 0 Å². The van der Waals surface area contributed by atoms with Gasteiger partial charge in [-0.2, -0.15) is 0 Å². The SMILES string of the molecule is CC1(C)C2OCCCC2C1(N)C(=O)NCCN. The van der Waals surface area contributed by atoms with E-state index in [0.29, 0.717) is 13.1 Å². The first-order valence-corrected chi connectivity index (χ1v) is 6.35. The van der Waals surface area contributed by atoms with Crippen molar-refractivity contribution < 1.29 is 9.53 Å². The van der Waals surface area contributed by atoms with E-state index in [4.69, 9.17) is 16.2 Å². The van der Waals surface area contributed by atoms with E-state index in [9.17, 15) is 4.79 Å². The van der Waals surface area contributed by atoms with Crippen LogP contribution >= 0.6 is 0 Å². The van der Waals surface area contributed by atoms with Gasteiger partial charge in [0.25, 0.3) is 0 Å². The second-order valence-corrected chi connectivity index (χ2v) is 5.68. The first-order valence-electron chi connectivity index (χ1n) is 6.35. The van der Waals surface area contributed by atoms with Gasteiger partial charge in [-0.05, 0) is 12.8 Å². The lowest BCUT2D eigenvalue weighted by atomic mass is 9.46. The Morgan fingerprint density at radius 2 is 2.24 bits per heavy atom. The van der Waals surface area contributed by atoms with Crippen LogP contribution in [0.15, 0.2) is 0 Å². The van der Waals surface area contributed by atoms with Crippen molar-refractivity contribution in [1.82, 2.24) is 5.32 Å². The number of carbonyl (C=O) groups excluding carboxylic acids is 1. The molecule has 5 heteroatoms. The Hall–Kier alpha value is -0.650. The van der Waals surface area contributed by atoms with Crippen LogP contribution in [0.1, 0.15) is 26.7 Å². The Morgan fingerprint density at radius 3 is 2.88 bits per heavy atom. The van der Waals surface area contributed by atoms with Gasteiger partial charge in [0.2, 0.25) is 5.91 Å². The van der Waals surface area contributed by atoms with E-state index in [1.165, 1.54) is 0 Å². The zero-order valence-corrected chi connectivity index (χ0v) is 10.7. The molecule has 0 aromatic heterocycles. The van der Waals surface area contributed by atoms with Crippen molar-refractivity contribution in [2.45, 2.75) is 38.3 Å². The predicted molar refractivity (Wildman–Crippen MR) is 65.2 cm³/mol. The largest absolute Gasteiger partial charge is 0.377 e. The van der Waals surface area contributed by atoms with Gasteiger partial charge < -0.3 is 21.5 Å². The van der Waals surface area contributed by atoms with Crippen LogP contribution < -0.4 is 16.8 Å². The first kappa shape index (κ1) is 12.8. The molecule has 98 valence electrons. The quantitative estimate of drug-likeness (QED) is 0.627. The Labute approximate surface area is 102 Å². The van der Waals surface area contributed by atoms with Crippen molar-refractivity contribution in [3.05, 3.63) is 0 Å². The number of nitrogens with one attached hydrogen (secondary N) is 1. The lowest BCUT2D eigenvalue weighted by Crippen LogP contribution is -2.82. The highest BCUT2D eigenvalue weighted by Crippen LogP contribution is 2.57. The lowest BCUT2D eigenvalue weighted by molar-refractivity contribution is -0.225. The number of carbonyl (C=O) groups is 1. The number of ether oxygens (including phenoxy) is 1. The monoisotopic (exact) mass is 241 g/mol. The summed E-state index contributed by atoms with van der Waals surface area (Å²) in [5.41, 5.74) is 10.7. The molecule has 5 N–H and O–H groups in total. The van der Waals surface area contributed by atoms with Crippen LogP contribution in [0.4, 0.5) is 0 Å². The molecule has 3 atom stereocenters. The molecule has 3 unspecified atom stereocenters. The molecule has 5 nitrogen and oxygen atoms in total. The normalized spacial score (nSPS) is 39.1. The molecule has 0 aromatic rings. The fraction of sp³-hybridized carbons (Fsp3) is 0.917. The summed E-state index contributed by atoms with van der Waals surface area (Å²) in [4.78, 5) is 12.2. The molecule has 17 heavy (non-hydrogen) atoms. The summed E-state index contributed by atoms with van der Waals surface area (Å²) in [5, 5.41) is 2.82. The van der Waals surface area contributed by atoms with Crippen molar-refractivity contribution >= 4 is 5.91 Å². The second-order valence-electron chi connectivity index (χ2n) is 5.68. The Balaban J connectivity index is 2.15. The molecule has 1 saturated carbocycles. The maximum Gasteiger partial charge on any atom is 0.241 e. The minimum absolute atomic E-state index is 0.0836. The summed E-state index contributed by atoms with van der Waals surface area (Å²) in [6.45, 7) is 5.73. The Kier molecular flexibility index (Phi) is 3.18. The summed E-state index contributed by atoms with van der Waals surface area (Å²) in [7, 11) is 0. The lowest BCUT2D eigenvalue weighted by Gasteiger charge is -2.65. The highest BCUT2D eigenvalue weighted by atomic mass is 16.5. The van der Waals surface area contributed by atoms with Crippen LogP contribution in [-0.4, -0.2) is 37.2 Å². The summed E-state index contributed by atoms with van der Waals surface area (Å²) in [6.07, 6.45) is 2.07. The molecule has 2 rings (SSSR count). The molecule has 1 amide bonds. The van der Waals surface area contributed by atoms with Crippen LogP contribution in [0.25, 0.3) is 0 Å². The van der Waals surface area contributed by atoms with E-state index in [-0.39, 0.29) is 23.3 Å². The van der Waals surface area contributed by atoms with Gasteiger partial charge in [0.05, 0.1) is 6.10 Å². The van der Waals surface area contributed by atoms with Gasteiger partial charge in [-0.25, -0.2) is 0 Å². The van der Waals surface area contributed by atoms with Crippen LogP contribution in [-0.2, 0) is 9.53 Å². The number of hydrogen-bond donors (Lipinski definition) is 3. The van der Waals surface area contributed by atoms with Crippen molar-refractivity contribution in [1.29, 1.82) is 0 Å². The number of nitrogens with two attached hydrogens (primary N) is 2. The molecule has 1 aliphatic heterocycles. The molecule has 0 radical (unpaired) electrons. The average molecular weight is 241 g/mol. The van der Waals surface area contributed by atoms with Gasteiger partial charge in [0.1, 0.15) is 5.54 Å². The minimum atomic E-state index is -0.812. The summed E-state index contributed by atoms with van der Waals surface area (Å²) < 4.78 is 5.76. The smallest absolute Gasteiger partial charge is 0.241 e. The predicted octanol–water partition coefficient (Wildman–Crippen LogP) is -0.406. The van der Waals surface area contributed by atoms with Gasteiger partial charge in [-0.3, -0.25) is 4.79 Å². The van der Waals surface area contributed by atoms with Gasteiger partial charge >= 0.3 is 0 Å². The molecule has 0 bridgehead atoms. The molecule has 2 fully saturated rings. The molecule has 1 saturated heterocycles. The highest BCUT2D eigenvalue weighted by molar-refractivity contribution is 5.89. The molecular weight excluding hydrogens is 218 g/mol. The van der Waals surface area contributed by atoms with Crippen LogP contribution in [0.3, 0.4) is 0 Å². The maximum atomic E-state index is 12.2. The van der Waals surface area contributed by atoms with Crippen molar-refractivity contribution in [2.24, 2.45) is 22.8 Å². The molecule has 2 aliphatic rings. The topological polar surface area (TPSA) is 90.4 Å². The second kappa shape index (κ2) is 4.23. The van der Waals surface area contributed by atoms with E-state index in [0.717, 1.165) is 19.4 Å². The number of amides is 1. The molecular formula is C12H23N3O2. The number of hydrogen-bond acceptors (Lipinski definition) is 4. The molecule has 0 spiro atoms. The third kappa shape index (κ3) is 1.60. The third-order valence-corrected chi connectivity index (χ3v) is 4.49. The van der Waals surface area contributed by atoms with Crippen molar-refractivity contribution in [3.63, 3.8) is 0 Å². The van der Waals surface area contributed by atoms with Crippen LogP contribution in [0, 0.1) is 11.3 Å². The third-order valence-electron chi connectivity index (χ3n) is 4.49. The molecule has 0 aromatic carbocycles. The average Bonchev–Trinajstić information content (AvgIpc) is 2.34. The summed E-state index contributed by atoms with van der Waals surface area (Å²) in [5.74, 6) is 0.0590. The van der Waals surface area contributed by atoms with E-state index in [1.807, 2.05) is 13.8 Å². The summed E-state index contributed by atoms with van der Waals surface area (Å²) in [6, 6.07) is 0. The number of fused-ring (bicyclic) bond motifs is 1.